The maximum atomic E-state index is 5.24. The number of furan rings is 1. The molecule has 0 aliphatic heterocycles. The summed E-state index contributed by atoms with van der Waals surface area (Å²) in [6, 6.07) is 4.04. The minimum Gasteiger partial charge on any atom is -0.469 e. The van der Waals surface area contributed by atoms with E-state index in [2.05, 4.69) is 6.07 Å². The van der Waals surface area contributed by atoms with Crippen molar-refractivity contribution in [1.29, 1.82) is 0 Å². The Morgan fingerprint density at radius 1 is 1.44 bits per heavy atom. The van der Waals surface area contributed by atoms with E-state index >= 15 is 0 Å². The second kappa shape index (κ2) is 1.90. The van der Waals surface area contributed by atoms with Gasteiger partial charge in [-0.05, 0) is 25.0 Å². The van der Waals surface area contributed by atoms with Gasteiger partial charge in [0.05, 0.1) is 6.26 Å². The quantitative estimate of drug-likeness (QED) is 0.558. The van der Waals surface area contributed by atoms with Crippen LogP contribution in [0.15, 0.2) is 22.8 Å². The van der Waals surface area contributed by atoms with Gasteiger partial charge in [-0.3, -0.25) is 0 Å². The molecule has 1 aliphatic carbocycles. The van der Waals surface area contributed by atoms with Crippen molar-refractivity contribution in [3.8, 4) is 0 Å². The van der Waals surface area contributed by atoms with Crippen molar-refractivity contribution in [2.45, 2.75) is 25.2 Å². The third kappa shape index (κ3) is 0.766. The fourth-order valence-corrected chi connectivity index (χ4v) is 1.22. The van der Waals surface area contributed by atoms with E-state index in [1.165, 1.54) is 25.0 Å². The van der Waals surface area contributed by atoms with E-state index in [9.17, 15) is 0 Å². The third-order valence-electron chi connectivity index (χ3n) is 2.05. The van der Waals surface area contributed by atoms with E-state index in [0.29, 0.717) is 0 Å². The lowest BCUT2D eigenvalue weighted by Gasteiger charge is -2.22. The Morgan fingerprint density at radius 3 is 2.78 bits per heavy atom. The van der Waals surface area contributed by atoms with Gasteiger partial charge in [0.25, 0.3) is 0 Å². The molecule has 48 valence electrons. The summed E-state index contributed by atoms with van der Waals surface area (Å²) in [7, 11) is 0. The Kier molecular flexibility index (Phi) is 1.08. The smallest absolute Gasteiger partial charge is 0.106 e. The molecule has 0 amide bonds. The van der Waals surface area contributed by atoms with Crippen molar-refractivity contribution in [1.82, 2.24) is 0 Å². The van der Waals surface area contributed by atoms with E-state index in [-0.39, 0.29) is 0 Å². The monoisotopic (exact) mass is 122 g/mol. The second-order valence-corrected chi connectivity index (χ2v) is 2.64. The van der Waals surface area contributed by atoms with E-state index in [1.807, 2.05) is 6.07 Å². The predicted molar refractivity (Wildman–Crippen MR) is 35.3 cm³/mol. The van der Waals surface area contributed by atoms with Crippen molar-refractivity contribution in [2.75, 3.05) is 0 Å². The van der Waals surface area contributed by atoms with Gasteiger partial charge < -0.3 is 4.42 Å². The van der Waals surface area contributed by atoms with Crippen molar-refractivity contribution in [2.24, 2.45) is 0 Å². The Morgan fingerprint density at radius 2 is 2.33 bits per heavy atom. The fourth-order valence-electron chi connectivity index (χ4n) is 1.22. The van der Waals surface area contributed by atoms with E-state index < -0.39 is 0 Å². The van der Waals surface area contributed by atoms with Gasteiger partial charge in [-0.15, -0.1) is 0 Å². The predicted octanol–water partition coefficient (Wildman–Crippen LogP) is 2.55. The van der Waals surface area contributed by atoms with Crippen LogP contribution in [0.25, 0.3) is 0 Å². The maximum Gasteiger partial charge on any atom is 0.106 e. The van der Waals surface area contributed by atoms with Crippen LogP contribution < -0.4 is 0 Å². The SMILES string of the molecule is c1coc(C2CCC2)c1. The summed E-state index contributed by atoms with van der Waals surface area (Å²) in [4.78, 5) is 0. The standard InChI is InChI=1S/C8H10O/c1-3-7(4-1)8-5-2-6-9-8/h2,5-7H,1,3-4H2. The first-order valence-electron chi connectivity index (χ1n) is 3.50. The second-order valence-electron chi connectivity index (χ2n) is 2.64. The highest BCUT2D eigenvalue weighted by Gasteiger charge is 2.21. The van der Waals surface area contributed by atoms with Gasteiger partial charge in [-0.1, -0.05) is 6.42 Å². The van der Waals surface area contributed by atoms with Crippen LogP contribution in [-0.2, 0) is 0 Å². The Hall–Kier alpha value is -0.720. The number of rotatable bonds is 1. The minimum atomic E-state index is 0.750. The van der Waals surface area contributed by atoms with Crippen LogP contribution in [0.5, 0.6) is 0 Å². The normalized spacial score (nSPS) is 19.6. The van der Waals surface area contributed by atoms with Gasteiger partial charge in [0.2, 0.25) is 0 Å². The topological polar surface area (TPSA) is 13.1 Å². The highest BCUT2D eigenvalue weighted by atomic mass is 16.3. The summed E-state index contributed by atoms with van der Waals surface area (Å²) in [6.45, 7) is 0. The van der Waals surface area contributed by atoms with Crippen molar-refractivity contribution in [3.05, 3.63) is 24.2 Å². The number of hydrogen-bond donors (Lipinski definition) is 0. The molecule has 0 spiro atoms. The fraction of sp³-hybridized carbons (Fsp3) is 0.500. The molecule has 0 bridgehead atoms. The lowest BCUT2D eigenvalue weighted by Crippen LogP contribution is -2.06. The lowest BCUT2D eigenvalue weighted by molar-refractivity contribution is 0.346. The lowest BCUT2D eigenvalue weighted by atomic mass is 9.84. The van der Waals surface area contributed by atoms with Crippen LogP contribution in [0, 0.1) is 0 Å². The van der Waals surface area contributed by atoms with Crippen LogP contribution in [0.4, 0.5) is 0 Å². The zero-order chi connectivity index (χ0) is 6.10. The van der Waals surface area contributed by atoms with Crippen LogP contribution in [0.1, 0.15) is 30.9 Å². The average molecular weight is 122 g/mol. The van der Waals surface area contributed by atoms with Crippen LogP contribution in [0.3, 0.4) is 0 Å². The van der Waals surface area contributed by atoms with Gasteiger partial charge in [0.15, 0.2) is 0 Å². The zero-order valence-corrected chi connectivity index (χ0v) is 5.34. The van der Waals surface area contributed by atoms with Crippen molar-refractivity contribution >= 4 is 0 Å². The molecule has 1 heterocycles. The molecule has 1 aliphatic rings. The summed E-state index contributed by atoms with van der Waals surface area (Å²) < 4.78 is 5.24. The van der Waals surface area contributed by atoms with Gasteiger partial charge in [-0.2, -0.15) is 0 Å². The Balaban J connectivity index is 2.14. The van der Waals surface area contributed by atoms with Crippen LogP contribution in [-0.4, -0.2) is 0 Å². The summed E-state index contributed by atoms with van der Waals surface area (Å²) in [5.74, 6) is 1.93. The van der Waals surface area contributed by atoms with Crippen LogP contribution >= 0.6 is 0 Å². The number of hydrogen-bond acceptors (Lipinski definition) is 1. The first-order valence-corrected chi connectivity index (χ1v) is 3.50. The first kappa shape index (κ1) is 5.10. The molecule has 0 aromatic carbocycles. The highest BCUT2D eigenvalue weighted by Crippen LogP contribution is 2.36. The maximum absolute atomic E-state index is 5.24. The Bertz CT molecular complexity index is 172. The molecular weight excluding hydrogens is 112 g/mol. The van der Waals surface area contributed by atoms with Crippen LogP contribution in [0.2, 0.25) is 0 Å². The molecule has 1 fully saturated rings. The Labute approximate surface area is 54.7 Å². The van der Waals surface area contributed by atoms with Gasteiger partial charge in [0.1, 0.15) is 5.76 Å². The molecule has 1 saturated carbocycles. The van der Waals surface area contributed by atoms with E-state index in [4.69, 9.17) is 4.42 Å². The van der Waals surface area contributed by atoms with E-state index in [1.54, 1.807) is 6.26 Å². The molecule has 1 aromatic heterocycles. The van der Waals surface area contributed by atoms with Gasteiger partial charge in [0, 0.05) is 5.92 Å². The molecule has 0 unspecified atom stereocenters. The van der Waals surface area contributed by atoms with Gasteiger partial charge >= 0.3 is 0 Å². The molecular formula is C8H10O. The molecule has 1 heteroatoms. The molecule has 0 saturated heterocycles. The van der Waals surface area contributed by atoms with Gasteiger partial charge in [-0.25, -0.2) is 0 Å². The van der Waals surface area contributed by atoms with Crippen molar-refractivity contribution < 1.29 is 4.42 Å². The molecule has 2 rings (SSSR count). The highest BCUT2D eigenvalue weighted by molar-refractivity contribution is 5.07. The molecule has 9 heavy (non-hydrogen) atoms. The molecule has 1 nitrogen and oxygen atoms in total. The zero-order valence-electron chi connectivity index (χ0n) is 5.34. The summed E-state index contributed by atoms with van der Waals surface area (Å²) in [5.41, 5.74) is 0. The first-order chi connectivity index (χ1) is 4.47. The van der Waals surface area contributed by atoms with Crippen molar-refractivity contribution in [3.63, 3.8) is 0 Å². The molecule has 1 aromatic rings. The summed E-state index contributed by atoms with van der Waals surface area (Å²) in [6.07, 6.45) is 5.79. The molecule has 0 N–H and O–H groups in total. The average Bonchev–Trinajstić information content (AvgIpc) is 2.11. The summed E-state index contributed by atoms with van der Waals surface area (Å²) in [5, 5.41) is 0. The van der Waals surface area contributed by atoms with E-state index in [0.717, 1.165) is 5.92 Å². The molecule has 0 atom stereocenters. The molecule has 0 radical (unpaired) electrons. The minimum absolute atomic E-state index is 0.750. The summed E-state index contributed by atoms with van der Waals surface area (Å²) >= 11 is 0. The largest absolute Gasteiger partial charge is 0.469 e. The third-order valence-corrected chi connectivity index (χ3v) is 2.05.